The van der Waals surface area contributed by atoms with E-state index in [9.17, 15) is 4.79 Å². The van der Waals surface area contributed by atoms with E-state index in [-0.39, 0.29) is 18.1 Å². The summed E-state index contributed by atoms with van der Waals surface area (Å²) in [7, 11) is 0. The second kappa shape index (κ2) is 9.40. The molecule has 6 heteroatoms. The molecule has 36 heavy (non-hydrogen) atoms. The molecular formula is C30H27N5O. The van der Waals surface area contributed by atoms with Crippen molar-refractivity contribution in [3.63, 3.8) is 0 Å². The summed E-state index contributed by atoms with van der Waals surface area (Å²) >= 11 is 0. The molecule has 0 radical (unpaired) electrons. The molecule has 2 atom stereocenters. The number of aryl methyl sites for hydroxylation is 1. The number of hydrogen-bond donors (Lipinski definition) is 0. The monoisotopic (exact) mass is 473 g/mol. The van der Waals surface area contributed by atoms with E-state index in [2.05, 4.69) is 48.2 Å². The fraction of sp³-hybridized carbons (Fsp3) is 0.167. The zero-order valence-corrected chi connectivity index (χ0v) is 20.1. The maximum atomic E-state index is 14.2. The van der Waals surface area contributed by atoms with Crippen molar-refractivity contribution < 1.29 is 4.79 Å². The molecule has 6 rings (SSSR count). The zero-order chi connectivity index (χ0) is 24.5. The molecule has 178 valence electrons. The van der Waals surface area contributed by atoms with E-state index in [1.807, 2.05) is 77.7 Å². The number of aromatic nitrogens is 3. The number of amides is 1. The van der Waals surface area contributed by atoms with Crippen LogP contribution in [0, 0.1) is 6.92 Å². The Morgan fingerprint density at radius 1 is 0.722 bits per heavy atom. The van der Waals surface area contributed by atoms with E-state index in [1.165, 1.54) is 0 Å². The second-order valence-electron chi connectivity index (χ2n) is 9.25. The summed E-state index contributed by atoms with van der Waals surface area (Å²) < 4.78 is 0. The Morgan fingerprint density at radius 3 is 1.94 bits per heavy atom. The van der Waals surface area contributed by atoms with E-state index >= 15 is 0 Å². The smallest absolute Gasteiger partial charge is 0.246 e. The number of carbonyl (C=O) groups is 1. The van der Waals surface area contributed by atoms with Crippen molar-refractivity contribution in [2.45, 2.75) is 32.2 Å². The van der Waals surface area contributed by atoms with E-state index in [1.54, 1.807) is 4.80 Å². The van der Waals surface area contributed by atoms with Crippen LogP contribution in [-0.2, 0) is 17.9 Å². The molecule has 1 aliphatic rings. The Bertz CT molecular complexity index is 1450. The Balaban J connectivity index is 1.47. The normalized spacial score (nSPS) is 18.2. The van der Waals surface area contributed by atoms with E-state index in [4.69, 9.17) is 10.2 Å². The van der Waals surface area contributed by atoms with Crippen LogP contribution in [-0.4, -0.2) is 31.8 Å². The molecule has 0 bridgehead atoms. The molecule has 4 aromatic carbocycles. The predicted molar refractivity (Wildman–Crippen MR) is 141 cm³/mol. The van der Waals surface area contributed by atoms with Gasteiger partial charge in [0.25, 0.3) is 0 Å². The minimum Gasteiger partial charge on any atom is -0.290 e. The van der Waals surface area contributed by atoms with Crippen molar-refractivity contribution in [3.8, 4) is 0 Å². The third kappa shape index (κ3) is 4.16. The summed E-state index contributed by atoms with van der Waals surface area (Å²) in [4.78, 5) is 20.1. The van der Waals surface area contributed by atoms with Crippen LogP contribution in [0.4, 0.5) is 5.69 Å². The number of nitrogens with zero attached hydrogens (tertiary/aromatic N) is 5. The number of anilines is 1. The maximum Gasteiger partial charge on any atom is 0.246 e. The van der Waals surface area contributed by atoms with Crippen LogP contribution in [0.1, 0.15) is 22.9 Å². The molecule has 0 spiro atoms. The van der Waals surface area contributed by atoms with Gasteiger partial charge in [0.2, 0.25) is 5.91 Å². The first-order chi connectivity index (χ1) is 17.7. The third-order valence-electron chi connectivity index (χ3n) is 6.78. The number of hydrogen-bond acceptors (Lipinski definition) is 4. The molecule has 0 saturated carbocycles. The van der Waals surface area contributed by atoms with Crippen molar-refractivity contribution in [1.29, 1.82) is 0 Å². The molecule has 0 N–H and O–H groups in total. The van der Waals surface area contributed by atoms with Gasteiger partial charge in [0.15, 0.2) is 0 Å². The predicted octanol–water partition coefficient (Wildman–Crippen LogP) is 5.36. The average molecular weight is 474 g/mol. The van der Waals surface area contributed by atoms with Crippen LogP contribution in [0.3, 0.4) is 0 Å². The molecule has 2 heterocycles. The Labute approximate surface area is 210 Å². The molecule has 0 unspecified atom stereocenters. The molecule has 1 aliphatic heterocycles. The Kier molecular flexibility index (Phi) is 5.79. The van der Waals surface area contributed by atoms with Crippen LogP contribution in [0.15, 0.2) is 109 Å². The molecular weight excluding hydrogens is 446 g/mol. The summed E-state index contributed by atoms with van der Waals surface area (Å²) in [5.74, 6) is 0.0771. The number of benzene rings is 4. The van der Waals surface area contributed by atoms with Gasteiger partial charge in [0, 0.05) is 5.69 Å². The van der Waals surface area contributed by atoms with Crippen molar-refractivity contribution in [2.75, 3.05) is 4.90 Å². The van der Waals surface area contributed by atoms with Gasteiger partial charge < -0.3 is 0 Å². The highest BCUT2D eigenvalue weighted by Crippen LogP contribution is 2.39. The van der Waals surface area contributed by atoms with Crippen LogP contribution < -0.4 is 4.90 Å². The maximum absolute atomic E-state index is 14.2. The van der Waals surface area contributed by atoms with Gasteiger partial charge in [0.1, 0.15) is 23.9 Å². The van der Waals surface area contributed by atoms with Crippen LogP contribution in [0.2, 0.25) is 0 Å². The topological polar surface area (TPSA) is 54.3 Å². The SMILES string of the molecule is Cc1ccc(N2C(=O)[C@H](Cc3ccccc3)N(Cn3nc4ccccc4n3)[C@@H]2c2ccccc2)cc1. The van der Waals surface area contributed by atoms with Crippen molar-refractivity contribution in [2.24, 2.45) is 0 Å². The first-order valence-corrected chi connectivity index (χ1v) is 12.2. The molecule has 1 saturated heterocycles. The fourth-order valence-corrected chi connectivity index (χ4v) is 5.01. The lowest BCUT2D eigenvalue weighted by molar-refractivity contribution is -0.120. The number of rotatable bonds is 6. The van der Waals surface area contributed by atoms with Gasteiger partial charge in [-0.05, 0) is 48.7 Å². The zero-order valence-electron chi connectivity index (χ0n) is 20.1. The van der Waals surface area contributed by atoms with Crippen LogP contribution in [0.25, 0.3) is 11.0 Å². The van der Waals surface area contributed by atoms with E-state index in [0.717, 1.165) is 33.4 Å². The fourth-order valence-electron chi connectivity index (χ4n) is 5.01. The standard InChI is InChI=1S/C30H27N5O/c1-22-16-18-25(19-17-22)35-29(24-12-6-3-7-13-24)33(21-34-31-26-14-8-9-15-27(26)32-34)28(30(35)36)20-23-10-4-2-5-11-23/h2-19,28-29H,20-21H2,1H3/t28-,29-/m0/s1. The summed E-state index contributed by atoms with van der Waals surface area (Å²) in [5, 5.41) is 9.43. The quantitative estimate of drug-likeness (QED) is 0.333. The Hall–Kier alpha value is -4.29. The highest BCUT2D eigenvalue weighted by Gasteiger charge is 2.47. The molecule has 1 amide bonds. The summed E-state index contributed by atoms with van der Waals surface area (Å²) in [5.41, 5.74) is 5.91. The lowest BCUT2D eigenvalue weighted by atomic mass is 10.0. The van der Waals surface area contributed by atoms with Crippen molar-refractivity contribution in [3.05, 3.63) is 126 Å². The van der Waals surface area contributed by atoms with Crippen LogP contribution in [0.5, 0.6) is 0 Å². The van der Waals surface area contributed by atoms with Crippen LogP contribution >= 0.6 is 0 Å². The lowest BCUT2D eigenvalue weighted by Gasteiger charge is -2.31. The number of fused-ring (bicyclic) bond motifs is 1. The minimum atomic E-state index is -0.368. The van der Waals surface area contributed by atoms with E-state index < -0.39 is 0 Å². The summed E-state index contributed by atoms with van der Waals surface area (Å²) in [6.07, 6.45) is 0.316. The average Bonchev–Trinajstić information content (AvgIpc) is 3.44. The highest BCUT2D eigenvalue weighted by atomic mass is 16.2. The van der Waals surface area contributed by atoms with E-state index in [0.29, 0.717) is 13.1 Å². The van der Waals surface area contributed by atoms with Gasteiger partial charge in [-0.2, -0.15) is 15.0 Å². The van der Waals surface area contributed by atoms with Gasteiger partial charge in [-0.25, -0.2) is 4.90 Å². The first-order valence-electron chi connectivity index (χ1n) is 12.2. The van der Waals surface area contributed by atoms with Gasteiger partial charge >= 0.3 is 0 Å². The summed E-state index contributed by atoms with van der Waals surface area (Å²) in [6.45, 7) is 2.45. The number of carbonyl (C=O) groups excluding carboxylic acids is 1. The lowest BCUT2D eigenvalue weighted by Crippen LogP contribution is -2.38. The van der Waals surface area contributed by atoms with Gasteiger partial charge in [0.05, 0.1) is 6.04 Å². The second-order valence-corrected chi connectivity index (χ2v) is 9.25. The molecule has 0 aliphatic carbocycles. The van der Waals surface area contributed by atoms with Gasteiger partial charge in [-0.1, -0.05) is 90.5 Å². The van der Waals surface area contributed by atoms with Crippen molar-refractivity contribution in [1.82, 2.24) is 19.9 Å². The molecule has 6 nitrogen and oxygen atoms in total. The molecule has 1 fully saturated rings. The summed E-state index contributed by atoms with van der Waals surface area (Å²) in [6, 6.07) is 36.1. The largest absolute Gasteiger partial charge is 0.290 e. The van der Waals surface area contributed by atoms with Crippen molar-refractivity contribution >= 4 is 22.6 Å². The third-order valence-corrected chi connectivity index (χ3v) is 6.78. The van der Waals surface area contributed by atoms with Gasteiger partial charge in [-0.3, -0.25) is 9.69 Å². The highest BCUT2D eigenvalue weighted by molar-refractivity contribution is 6.00. The Morgan fingerprint density at radius 2 is 1.31 bits per heavy atom. The van der Waals surface area contributed by atoms with Gasteiger partial charge in [-0.15, -0.1) is 0 Å². The minimum absolute atomic E-state index is 0.0771. The molecule has 5 aromatic rings. The first kappa shape index (κ1) is 22.2. The molecule has 1 aromatic heterocycles.